The third kappa shape index (κ3) is 15.6. The number of rotatable bonds is 10. The van der Waals surface area contributed by atoms with Crippen LogP contribution in [0.3, 0.4) is 0 Å². The smallest absolute Gasteiger partial charge is 0.426 e. The Balaban J connectivity index is 0.000000298. The molecule has 4 amide bonds. The first-order valence-electron chi connectivity index (χ1n) is 23.1. The number of nitrogens with one attached hydrogen (secondary N) is 2. The lowest BCUT2D eigenvalue weighted by Crippen LogP contribution is -2.49. The third-order valence-electron chi connectivity index (χ3n) is 10.9. The van der Waals surface area contributed by atoms with Crippen LogP contribution in [0.2, 0.25) is 20.1 Å². The van der Waals surface area contributed by atoms with Gasteiger partial charge in [-0.05, 0) is 110 Å². The molecule has 1 unspecified atom stereocenters. The number of ketones is 1. The molecule has 5 aromatic rings. The van der Waals surface area contributed by atoms with Gasteiger partial charge in [0.1, 0.15) is 50.9 Å². The van der Waals surface area contributed by atoms with Gasteiger partial charge in [-0.3, -0.25) is 14.4 Å². The highest BCUT2D eigenvalue weighted by Crippen LogP contribution is 2.44. The van der Waals surface area contributed by atoms with Crippen molar-refractivity contribution in [3.05, 3.63) is 145 Å². The number of aromatic nitrogens is 2. The van der Waals surface area contributed by atoms with E-state index in [0.29, 0.717) is 10.6 Å². The molecule has 7 rings (SSSR count). The summed E-state index contributed by atoms with van der Waals surface area (Å²) in [4.78, 5) is 82.6. The molecule has 2 aromatic heterocycles. The maximum Gasteiger partial charge on any atom is 0.426 e. The van der Waals surface area contributed by atoms with E-state index in [1.165, 1.54) is 61.8 Å². The molecule has 3 atom stereocenters. The predicted molar refractivity (Wildman–Crippen MR) is 297 cm³/mol. The van der Waals surface area contributed by atoms with Crippen molar-refractivity contribution in [3.8, 4) is 5.75 Å². The van der Waals surface area contributed by atoms with E-state index >= 15 is 4.39 Å². The molecule has 17 nitrogen and oxygen atoms in total. The minimum Gasteiger partial charge on any atom is -0.496 e. The Labute approximate surface area is 471 Å². The van der Waals surface area contributed by atoms with Gasteiger partial charge < -0.3 is 35.3 Å². The zero-order chi connectivity index (χ0) is 56.8. The molecular formula is C52H52Cl4F2N8O9S2. The SMILES string of the molecule is COc1ccccc1COC1C[C@@](C)(c2cc(NC(=O)c3ncc(Cl)cc3Cl)ccc2F)N=C(N(C(=O)OC(C)(C)C)C(=O)OC(C)(C)C)S1.C[C@]1(c2cc(NC(=O)c3ncc(Cl)cc3Cl)ccc2F)N=C(N)SCC1=O. The van der Waals surface area contributed by atoms with Crippen LogP contribution in [0, 0.1) is 11.6 Å². The van der Waals surface area contributed by atoms with Crippen molar-refractivity contribution in [3.63, 3.8) is 0 Å². The van der Waals surface area contributed by atoms with Crippen molar-refractivity contribution in [1.82, 2.24) is 14.9 Å². The summed E-state index contributed by atoms with van der Waals surface area (Å²) < 4.78 is 53.3. The number of amidine groups is 2. The average molecular weight is 1180 g/mol. The van der Waals surface area contributed by atoms with Crippen LogP contribution in [0.5, 0.6) is 5.75 Å². The molecule has 4 N–H and O–H groups in total. The van der Waals surface area contributed by atoms with Gasteiger partial charge in [-0.15, -0.1) is 0 Å². The Morgan fingerprint density at radius 2 is 1.27 bits per heavy atom. The predicted octanol–water partition coefficient (Wildman–Crippen LogP) is 12.8. The van der Waals surface area contributed by atoms with E-state index in [1.807, 2.05) is 18.2 Å². The maximum absolute atomic E-state index is 15.8. The first kappa shape index (κ1) is 60.2. The number of amides is 4. The number of nitrogens with two attached hydrogens (primary N) is 1. The number of carbonyl (C=O) groups is 5. The zero-order valence-corrected chi connectivity index (χ0v) is 47.5. The number of para-hydroxylation sites is 1. The fourth-order valence-electron chi connectivity index (χ4n) is 7.32. The van der Waals surface area contributed by atoms with E-state index in [9.17, 15) is 28.4 Å². The number of benzene rings is 3. The van der Waals surface area contributed by atoms with Gasteiger partial charge in [0.2, 0.25) is 0 Å². The molecule has 0 fully saturated rings. The number of nitrogens with zero attached hydrogens (tertiary/aromatic N) is 5. The number of hydrogen-bond acceptors (Lipinski definition) is 16. The van der Waals surface area contributed by atoms with Crippen molar-refractivity contribution in [2.24, 2.45) is 15.7 Å². The third-order valence-corrected chi connectivity index (χ3v) is 13.8. The molecule has 0 saturated heterocycles. The lowest BCUT2D eigenvalue weighted by Gasteiger charge is -2.38. The number of imide groups is 1. The Kier molecular flexibility index (Phi) is 19.3. The number of methoxy groups -OCH3 is 1. The topological polar surface area (TPSA) is 226 Å². The summed E-state index contributed by atoms with van der Waals surface area (Å²) in [7, 11) is 1.54. The van der Waals surface area contributed by atoms with Gasteiger partial charge in [0.25, 0.3) is 11.8 Å². The standard InChI is InChI=1S/C35H39Cl2FN4O7S.C17H13Cl2FN4O2S/c1-33(2,3)48-31(44)42(32(45)49-34(4,5)6)30-41-35(7,17-27(50-30)47-19-20-11-9-10-12-26(20)46-8)23-16-22(13-14-25(23)38)40-29(43)28-24(37)15-21(36)18-39-28;1-17(13(25)7-27-16(21)24-17)10-5-9(2-3-12(10)20)23-15(26)14-11(19)4-8(18)6-22-14/h9-16,18,27H,17,19H2,1-8H3,(H,40,43);2-6H,7H2,1H3,(H2,21,24)(H,23,26)/t27?,35-;17-/m01/s1. The second-order valence-electron chi connectivity index (χ2n) is 19.3. The summed E-state index contributed by atoms with van der Waals surface area (Å²) in [5, 5.41) is 5.96. The number of Topliss-reactive ketones (excluding diaryl/α,β-unsaturated/α-hetero) is 1. The molecule has 3 aromatic carbocycles. The van der Waals surface area contributed by atoms with Crippen molar-refractivity contribution >= 4 is 121 Å². The molecule has 2 aliphatic rings. The van der Waals surface area contributed by atoms with Crippen LogP contribution in [-0.4, -0.2) is 84.5 Å². The Bertz CT molecular complexity index is 3150. The van der Waals surface area contributed by atoms with Crippen LogP contribution in [0.4, 0.5) is 29.7 Å². The molecule has 25 heteroatoms. The number of ether oxygens (including phenoxy) is 4. The Hall–Kier alpha value is -6.07. The number of halogens is 6. The maximum atomic E-state index is 15.8. The number of anilines is 2. The van der Waals surface area contributed by atoms with Crippen LogP contribution in [0.15, 0.2) is 95.2 Å². The minimum atomic E-state index is -1.46. The van der Waals surface area contributed by atoms with Crippen LogP contribution in [-0.2, 0) is 36.7 Å². The van der Waals surface area contributed by atoms with Crippen LogP contribution in [0.1, 0.15) is 99.5 Å². The van der Waals surface area contributed by atoms with Gasteiger partial charge in [0.05, 0.1) is 45.1 Å². The average Bonchev–Trinajstić information content (AvgIpc) is 3.32. The zero-order valence-electron chi connectivity index (χ0n) is 42.9. The Morgan fingerprint density at radius 3 is 1.78 bits per heavy atom. The lowest BCUT2D eigenvalue weighted by atomic mass is 9.88. The second-order valence-corrected chi connectivity index (χ2v) is 23.1. The summed E-state index contributed by atoms with van der Waals surface area (Å²) in [5.41, 5.74) is 1.20. The highest BCUT2D eigenvalue weighted by Gasteiger charge is 2.45. The van der Waals surface area contributed by atoms with E-state index in [-0.39, 0.29) is 88.9 Å². The van der Waals surface area contributed by atoms with Gasteiger partial charge in [-0.2, -0.15) is 4.90 Å². The number of thioether (sulfide) groups is 2. The molecular weight excluding hydrogens is 1120 g/mol. The number of pyridine rings is 2. The molecule has 0 spiro atoms. The summed E-state index contributed by atoms with van der Waals surface area (Å²) >= 11 is 25.9. The fraction of sp³-hybridized carbons (Fsp3) is 0.327. The molecule has 77 heavy (non-hydrogen) atoms. The molecule has 2 aliphatic heterocycles. The normalized spacial score (nSPS) is 18.4. The molecule has 408 valence electrons. The minimum absolute atomic E-state index is 0.0173. The summed E-state index contributed by atoms with van der Waals surface area (Å²) in [6, 6.07) is 17.9. The molecule has 0 bridgehead atoms. The van der Waals surface area contributed by atoms with Crippen molar-refractivity contribution in [1.29, 1.82) is 0 Å². The summed E-state index contributed by atoms with van der Waals surface area (Å²) in [5.74, 6) is -2.15. The van der Waals surface area contributed by atoms with Crippen LogP contribution >= 0.6 is 69.9 Å². The molecule has 0 saturated carbocycles. The summed E-state index contributed by atoms with van der Waals surface area (Å²) in [6.07, 6.45) is 0.571. The second kappa shape index (κ2) is 24.7. The van der Waals surface area contributed by atoms with Gasteiger partial charge >= 0.3 is 12.2 Å². The highest BCUT2D eigenvalue weighted by atomic mass is 35.5. The van der Waals surface area contributed by atoms with Crippen molar-refractivity contribution < 1.29 is 51.7 Å². The summed E-state index contributed by atoms with van der Waals surface area (Å²) in [6.45, 7) is 13.1. The first-order chi connectivity index (χ1) is 36.0. The van der Waals surface area contributed by atoms with Crippen LogP contribution in [0.25, 0.3) is 0 Å². The van der Waals surface area contributed by atoms with Gasteiger partial charge in [0.15, 0.2) is 16.1 Å². The quantitative estimate of drug-likeness (QED) is 0.118. The first-order valence-corrected chi connectivity index (χ1v) is 26.5. The van der Waals surface area contributed by atoms with Crippen molar-refractivity contribution in [2.45, 2.75) is 96.1 Å². The molecule has 0 radical (unpaired) electrons. The number of hydrogen-bond donors (Lipinski definition) is 3. The largest absolute Gasteiger partial charge is 0.496 e. The van der Waals surface area contributed by atoms with E-state index < -0.39 is 63.4 Å². The lowest BCUT2D eigenvalue weighted by molar-refractivity contribution is -0.121. The number of aliphatic imine (C=N–C) groups is 2. The van der Waals surface area contributed by atoms with Crippen molar-refractivity contribution in [2.75, 3.05) is 23.5 Å². The molecule has 0 aliphatic carbocycles. The highest BCUT2D eigenvalue weighted by molar-refractivity contribution is 8.14. The van der Waals surface area contributed by atoms with E-state index in [4.69, 9.17) is 76.1 Å². The van der Waals surface area contributed by atoms with Gasteiger partial charge in [-0.25, -0.2) is 38.3 Å². The fourth-order valence-corrected chi connectivity index (χ4v) is 10.4. The van der Waals surface area contributed by atoms with Gasteiger partial charge in [0, 0.05) is 46.9 Å². The Morgan fingerprint density at radius 1 is 0.766 bits per heavy atom. The van der Waals surface area contributed by atoms with E-state index in [0.717, 1.165) is 35.2 Å². The van der Waals surface area contributed by atoms with Gasteiger partial charge in [-0.1, -0.05) is 88.1 Å². The van der Waals surface area contributed by atoms with Crippen LogP contribution < -0.4 is 21.1 Å². The van der Waals surface area contributed by atoms with E-state index in [1.54, 1.807) is 61.6 Å². The number of carbonyl (C=O) groups excluding carboxylic acids is 5. The molecule has 4 heterocycles. The van der Waals surface area contributed by atoms with E-state index in [2.05, 4.69) is 25.6 Å². The monoisotopic (exact) mass is 1170 g/mol.